The average Bonchev–Trinajstić information content (AvgIpc) is 2.87. The van der Waals surface area contributed by atoms with Gasteiger partial charge in [0.2, 0.25) is 0 Å². The van der Waals surface area contributed by atoms with Gasteiger partial charge in [0.15, 0.2) is 0 Å². The summed E-state index contributed by atoms with van der Waals surface area (Å²) in [6, 6.07) is 0. The lowest BCUT2D eigenvalue weighted by molar-refractivity contribution is 0.657. The maximum Gasteiger partial charge on any atom is 0.148 e. The van der Waals surface area contributed by atoms with Gasteiger partial charge in [-0.2, -0.15) is 5.10 Å². The van der Waals surface area contributed by atoms with Gasteiger partial charge in [0.1, 0.15) is 5.82 Å². The average molecular weight is 265 g/mol. The van der Waals surface area contributed by atoms with Crippen molar-refractivity contribution in [1.29, 1.82) is 0 Å². The van der Waals surface area contributed by atoms with Crippen LogP contribution in [0.5, 0.6) is 0 Å². The summed E-state index contributed by atoms with van der Waals surface area (Å²) in [7, 11) is 0. The molecule has 2 aromatic heterocycles. The van der Waals surface area contributed by atoms with Gasteiger partial charge in [0, 0.05) is 24.9 Å². The van der Waals surface area contributed by atoms with E-state index < -0.39 is 0 Å². The Balaban J connectivity index is 1.98. The monoisotopic (exact) mass is 265 g/mol. The maximum absolute atomic E-state index is 6.00. The molecule has 0 aliphatic carbocycles. The summed E-state index contributed by atoms with van der Waals surface area (Å²) >= 11 is 1.68. The van der Waals surface area contributed by atoms with Gasteiger partial charge in [0.05, 0.1) is 22.1 Å². The van der Waals surface area contributed by atoms with Crippen molar-refractivity contribution in [3.8, 4) is 0 Å². The Labute approximate surface area is 111 Å². The van der Waals surface area contributed by atoms with E-state index in [0.29, 0.717) is 0 Å². The summed E-state index contributed by atoms with van der Waals surface area (Å²) in [5.41, 5.74) is 8.75. The molecule has 0 aliphatic heterocycles. The smallest absolute Gasteiger partial charge is 0.148 e. The zero-order valence-electron chi connectivity index (χ0n) is 11.0. The third-order valence-corrected chi connectivity index (χ3v) is 3.64. The molecule has 0 unspecified atom stereocenters. The Morgan fingerprint density at radius 2 is 2.22 bits per heavy atom. The number of nitrogen functional groups attached to an aromatic ring is 1. The molecule has 5 nitrogen and oxygen atoms in total. The first-order chi connectivity index (χ1) is 8.61. The van der Waals surface area contributed by atoms with Crippen molar-refractivity contribution >= 4 is 22.8 Å². The topological polar surface area (TPSA) is 68.8 Å². The minimum atomic E-state index is 0.742. The van der Waals surface area contributed by atoms with Crippen LogP contribution in [0.15, 0.2) is 5.38 Å². The molecule has 0 saturated heterocycles. The van der Waals surface area contributed by atoms with Crippen molar-refractivity contribution in [2.75, 3.05) is 17.6 Å². The fourth-order valence-electron chi connectivity index (χ4n) is 1.84. The van der Waals surface area contributed by atoms with Crippen LogP contribution in [-0.2, 0) is 13.0 Å². The molecule has 0 saturated carbocycles. The molecule has 0 radical (unpaired) electrons. The molecule has 0 atom stereocenters. The van der Waals surface area contributed by atoms with Crippen molar-refractivity contribution in [3.63, 3.8) is 0 Å². The number of hydrogen-bond donors (Lipinski definition) is 2. The van der Waals surface area contributed by atoms with Crippen LogP contribution in [-0.4, -0.2) is 21.3 Å². The van der Waals surface area contributed by atoms with Crippen molar-refractivity contribution < 1.29 is 0 Å². The molecule has 0 aromatic carbocycles. The number of nitrogens with zero attached hydrogens (tertiary/aromatic N) is 3. The van der Waals surface area contributed by atoms with Crippen molar-refractivity contribution in [1.82, 2.24) is 14.8 Å². The van der Waals surface area contributed by atoms with Gasteiger partial charge in [-0.05, 0) is 20.8 Å². The van der Waals surface area contributed by atoms with Crippen molar-refractivity contribution in [2.45, 2.75) is 33.7 Å². The summed E-state index contributed by atoms with van der Waals surface area (Å²) in [4.78, 5) is 4.44. The van der Waals surface area contributed by atoms with Crippen LogP contribution < -0.4 is 11.1 Å². The van der Waals surface area contributed by atoms with E-state index in [1.807, 2.05) is 18.5 Å². The molecule has 6 heteroatoms. The van der Waals surface area contributed by atoms with Crippen LogP contribution in [0.4, 0.5) is 11.5 Å². The van der Waals surface area contributed by atoms with Gasteiger partial charge in [-0.1, -0.05) is 0 Å². The molecule has 98 valence electrons. The van der Waals surface area contributed by atoms with Crippen LogP contribution in [0.2, 0.25) is 0 Å². The Bertz CT molecular complexity index is 529. The van der Waals surface area contributed by atoms with Gasteiger partial charge < -0.3 is 11.1 Å². The Morgan fingerprint density at radius 1 is 1.44 bits per heavy atom. The minimum absolute atomic E-state index is 0.742. The Hall–Kier alpha value is -1.56. The fraction of sp³-hybridized carbons (Fsp3) is 0.500. The second kappa shape index (κ2) is 5.39. The Kier molecular flexibility index (Phi) is 3.86. The van der Waals surface area contributed by atoms with E-state index in [1.165, 1.54) is 0 Å². The SMILES string of the molecule is CCn1nc(C)c(N)c1NCCc1csc(C)n1. The highest BCUT2D eigenvalue weighted by molar-refractivity contribution is 7.09. The number of aromatic nitrogens is 3. The normalized spacial score (nSPS) is 10.8. The lowest BCUT2D eigenvalue weighted by atomic mass is 10.3. The molecule has 2 rings (SSSR count). The van der Waals surface area contributed by atoms with Gasteiger partial charge in [-0.25, -0.2) is 9.67 Å². The van der Waals surface area contributed by atoms with E-state index in [1.54, 1.807) is 11.3 Å². The van der Waals surface area contributed by atoms with E-state index in [-0.39, 0.29) is 0 Å². The van der Waals surface area contributed by atoms with Crippen LogP contribution >= 0.6 is 11.3 Å². The molecule has 2 aromatic rings. The van der Waals surface area contributed by atoms with Crippen LogP contribution in [0.1, 0.15) is 23.3 Å². The maximum atomic E-state index is 6.00. The van der Waals surface area contributed by atoms with Crippen LogP contribution in [0.25, 0.3) is 0 Å². The van der Waals surface area contributed by atoms with Gasteiger partial charge in [-0.15, -0.1) is 11.3 Å². The van der Waals surface area contributed by atoms with E-state index >= 15 is 0 Å². The zero-order valence-corrected chi connectivity index (χ0v) is 11.8. The number of nitrogens with one attached hydrogen (secondary N) is 1. The highest BCUT2D eigenvalue weighted by Crippen LogP contribution is 2.21. The lowest BCUT2D eigenvalue weighted by Crippen LogP contribution is -2.11. The van der Waals surface area contributed by atoms with E-state index in [9.17, 15) is 0 Å². The third kappa shape index (κ3) is 2.64. The number of rotatable bonds is 5. The first kappa shape index (κ1) is 12.9. The van der Waals surface area contributed by atoms with Gasteiger partial charge >= 0.3 is 0 Å². The van der Waals surface area contributed by atoms with Crippen molar-refractivity contribution in [3.05, 3.63) is 21.8 Å². The highest BCUT2D eigenvalue weighted by atomic mass is 32.1. The second-order valence-corrected chi connectivity index (χ2v) is 5.26. The molecule has 3 N–H and O–H groups in total. The van der Waals surface area contributed by atoms with Gasteiger partial charge in [0.25, 0.3) is 0 Å². The second-order valence-electron chi connectivity index (χ2n) is 4.20. The molecular formula is C12H19N5S. The minimum Gasteiger partial charge on any atom is -0.394 e. The largest absolute Gasteiger partial charge is 0.394 e. The van der Waals surface area contributed by atoms with E-state index in [0.717, 1.165) is 47.4 Å². The zero-order chi connectivity index (χ0) is 13.1. The summed E-state index contributed by atoms with van der Waals surface area (Å²) < 4.78 is 1.90. The number of anilines is 2. The number of hydrogen-bond acceptors (Lipinski definition) is 5. The molecule has 0 spiro atoms. The van der Waals surface area contributed by atoms with Crippen LogP contribution in [0, 0.1) is 13.8 Å². The molecule has 0 aliphatic rings. The van der Waals surface area contributed by atoms with Crippen LogP contribution in [0.3, 0.4) is 0 Å². The molecular weight excluding hydrogens is 246 g/mol. The number of thiazole rings is 1. The summed E-state index contributed by atoms with van der Waals surface area (Å²) in [5.74, 6) is 0.918. The number of nitrogens with two attached hydrogens (primary N) is 1. The molecule has 18 heavy (non-hydrogen) atoms. The summed E-state index contributed by atoms with van der Waals surface area (Å²) in [6.45, 7) is 7.64. The predicted molar refractivity (Wildman–Crippen MR) is 76.1 cm³/mol. The molecule has 0 amide bonds. The van der Waals surface area contributed by atoms with E-state index in [2.05, 4.69) is 27.7 Å². The standard InChI is InChI=1S/C12H19N5S/c1-4-17-12(11(13)8(2)16-17)14-6-5-10-7-18-9(3)15-10/h7,14H,4-6,13H2,1-3H3. The first-order valence-electron chi connectivity index (χ1n) is 6.09. The lowest BCUT2D eigenvalue weighted by Gasteiger charge is -2.08. The number of aryl methyl sites for hydroxylation is 3. The van der Waals surface area contributed by atoms with Gasteiger partial charge in [-0.3, -0.25) is 0 Å². The quantitative estimate of drug-likeness (QED) is 0.869. The summed E-state index contributed by atoms with van der Waals surface area (Å²) in [6.07, 6.45) is 0.901. The molecule has 2 heterocycles. The molecule has 0 bridgehead atoms. The van der Waals surface area contributed by atoms with E-state index in [4.69, 9.17) is 5.73 Å². The third-order valence-electron chi connectivity index (χ3n) is 2.81. The summed E-state index contributed by atoms with van der Waals surface area (Å²) in [5, 5.41) is 10.9. The Morgan fingerprint density at radius 3 is 2.83 bits per heavy atom. The van der Waals surface area contributed by atoms with Crippen molar-refractivity contribution in [2.24, 2.45) is 0 Å². The predicted octanol–water partition coefficient (Wildman–Crippen LogP) is 2.21. The first-order valence-corrected chi connectivity index (χ1v) is 6.97. The molecule has 0 fully saturated rings. The fourth-order valence-corrected chi connectivity index (χ4v) is 2.49. The highest BCUT2D eigenvalue weighted by Gasteiger charge is 2.10.